The van der Waals surface area contributed by atoms with Crippen molar-refractivity contribution in [2.24, 2.45) is 17.8 Å². The van der Waals surface area contributed by atoms with Crippen molar-refractivity contribution in [3.63, 3.8) is 0 Å². The summed E-state index contributed by atoms with van der Waals surface area (Å²) in [7, 11) is 0. The molecule has 8 nitrogen and oxygen atoms in total. The smallest absolute Gasteiger partial charge is 0.245 e. The summed E-state index contributed by atoms with van der Waals surface area (Å²) in [6.45, 7) is 15.7. The van der Waals surface area contributed by atoms with E-state index in [-0.39, 0.29) is 36.1 Å². The van der Waals surface area contributed by atoms with Gasteiger partial charge in [0.15, 0.2) is 0 Å². The van der Waals surface area contributed by atoms with Crippen LogP contribution in [0.3, 0.4) is 0 Å². The molecule has 0 bridgehead atoms. The molecule has 0 radical (unpaired) electrons. The van der Waals surface area contributed by atoms with Crippen LogP contribution in [0.1, 0.15) is 87.0 Å². The fourth-order valence-electron chi connectivity index (χ4n) is 3.95. The standard InChI is InChI=1S/C26H48N4O4/c1-18(2)10-11-24(32)30-14-9-8-13-29(15-12-19(3)4)26(34)22(16-20(5)6)28-25(33)21(7)27-23(31)17-30/h18-22H,8-17H2,1-7H3,(H,27,31)(H,28,33)/t21-,22-/m0/s1. The summed E-state index contributed by atoms with van der Waals surface area (Å²) in [5.74, 6) is 0.244. The normalized spacial score (nSPS) is 21.6. The van der Waals surface area contributed by atoms with Crippen LogP contribution >= 0.6 is 0 Å². The fraction of sp³-hybridized carbons (Fsp3) is 0.846. The van der Waals surface area contributed by atoms with Crippen molar-refractivity contribution >= 4 is 23.6 Å². The molecule has 0 spiro atoms. The molecule has 8 heteroatoms. The van der Waals surface area contributed by atoms with Gasteiger partial charge >= 0.3 is 0 Å². The number of nitrogens with zero attached hydrogens (tertiary/aromatic N) is 2. The van der Waals surface area contributed by atoms with E-state index in [0.29, 0.717) is 50.7 Å². The number of amides is 4. The van der Waals surface area contributed by atoms with Gasteiger partial charge in [-0.05, 0) is 56.8 Å². The minimum absolute atomic E-state index is 0.0437. The van der Waals surface area contributed by atoms with Gasteiger partial charge in [0.25, 0.3) is 0 Å². The molecule has 0 aromatic heterocycles. The quantitative estimate of drug-likeness (QED) is 0.558. The average molecular weight is 481 g/mol. The highest BCUT2D eigenvalue weighted by atomic mass is 16.2. The predicted molar refractivity (Wildman–Crippen MR) is 135 cm³/mol. The van der Waals surface area contributed by atoms with Crippen molar-refractivity contribution in [1.82, 2.24) is 20.4 Å². The molecule has 2 atom stereocenters. The third kappa shape index (κ3) is 11.3. The summed E-state index contributed by atoms with van der Waals surface area (Å²) in [4.78, 5) is 55.2. The molecule has 0 unspecified atom stereocenters. The molecule has 0 aromatic rings. The summed E-state index contributed by atoms with van der Waals surface area (Å²) in [5, 5.41) is 5.58. The second-order valence-electron chi connectivity index (χ2n) is 10.9. The molecule has 2 N–H and O–H groups in total. The van der Waals surface area contributed by atoms with E-state index in [1.165, 1.54) is 0 Å². The SMILES string of the molecule is CC(C)CCC(=O)N1CCCCN(CCC(C)C)C(=O)[C@H](CC(C)C)NC(=O)[C@H](C)NC(=O)C1. The van der Waals surface area contributed by atoms with E-state index < -0.39 is 12.1 Å². The van der Waals surface area contributed by atoms with Gasteiger partial charge in [-0.1, -0.05) is 41.5 Å². The van der Waals surface area contributed by atoms with Crippen LogP contribution in [0.15, 0.2) is 0 Å². The third-order valence-electron chi connectivity index (χ3n) is 6.11. The van der Waals surface area contributed by atoms with Crippen molar-refractivity contribution < 1.29 is 19.2 Å². The summed E-state index contributed by atoms with van der Waals surface area (Å²) < 4.78 is 0. The monoisotopic (exact) mass is 480 g/mol. The van der Waals surface area contributed by atoms with Gasteiger partial charge in [-0.15, -0.1) is 0 Å². The Hall–Kier alpha value is -2.12. The third-order valence-corrected chi connectivity index (χ3v) is 6.11. The molecule has 196 valence electrons. The molecule has 1 saturated heterocycles. The van der Waals surface area contributed by atoms with Gasteiger partial charge in [0.05, 0.1) is 6.54 Å². The zero-order valence-electron chi connectivity index (χ0n) is 22.5. The summed E-state index contributed by atoms with van der Waals surface area (Å²) in [5.41, 5.74) is 0. The van der Waals surface area contributed by atoms with Gasteiger partial charge in [-0.2, -0.15) is 0 Å². The van der Waals surface area contributed by atoms with E-state index in [0.717, 1.165) is 19.3 Å². The largest absolute Gasteiger partial charge is 0.343 e. The first-order chi connectivity index (χ1) is 15.9. The van der Waals surface area contributed by atoms with Crippen LogP contribution in [0.5, 0.6) is 0 Å². The Bertz CT molecular complexity index is 678. The van der Waals surface area contributed by atoms with Crippen LogP contribution in [-0.4, -0.2) is 71.7 Å². The van der Waals surface area contributed by atoms with Crippen molar-refractivity contribution in [2.45, 2.75) is 99.1 Å². The Balaban J connectivity index is 3.08. The van der Waals surface area contributed by atoms with Gasteiger partial charge in [0, 0.05) is 26.1 Å². The van der Waals surface area contributed by atoms with Crippen molar-refractivity contribution in [1.29, 1.82) is 0 Å². The van der Waals surface area contributed by atoms with Crippen LogP contribution in [0.4, 0.5) is 0 Å². The molecule has 1 rings (SSSR count). The molecule has 1 heterocycles. The van der Waals surface area contributed by atoms with Crippen LogP contribution in [-0.2, 0) is 19.2 Å². The second kappa shape index (κ2) is 15.0. The van der Waals surface area contributed by atoms with E-state index in [9.17, 15) is 19.2 Å². The van der Waals surface area contributed by atoms with Crippen molar-refractivity contribution in [2.75, 3.05) is 26.2 Å². The molecule has 1 fully saturated rings. The minimum atomic E-state index is -0.797. The molecule has 1 aliphatic rings. The number of hydrogen-bond donors (Lipinski definition) is 2. The summed E-state index contributed by atoms with van der Waals surface area (Å²) >= 11 is 0. The molecular weight excluding hydrogens is 432 g/mol. The van der Waals surface area contributed by atoms with Crippen LogP contribution in [0.2, 0.25) is 0 Å². The highest BCUT2D eigenvalue weighted by Crippen LogP contribution is 2.13. The average Bonchev–Trinajstić information content (AvgIpc) is 2.73. The zero-order chi connectivity index (χ0) is 25.8. The Labute approximate surface area is 206 Å². The lowest BCUT2D eigenvalue weighted by Gasteiger charge is -2.31. The van der Waals surface area contributed by atoms with Crippen LogP contribution in [0.25, 0.3) is 0 Å². The highest BCUT2D eigenvalue weighted by molar-refractivity contribution is 5.93. The number of rotatable bonds is 8. The first-order valence-electron chi connectivity index (χ1n) is 13.1. The Morgan fingerprint density at radius 1 is 0.912 bits per heavy atom. The lowest BCUT2D eigenvalue weighted by atomic mass is 10.0. The van der Waals surface area contributed by atoms with E-state index in [1.807, 2.05) is 18.7 Å². The molecule has 0 aromatic carbocycles. The van der Waals surface area contributed by atoms with Crippen molar-refractivity contribution in [3.05, 3.63) is 0 Å². The zero-order valence-corrected chi connectivity index (χ0v) is 22.5. The summed E-state index contributed by atoms with van der Waals surface area (Å²) in [6, 6.07) is -1.41. The number of hydrogen-bond acceptors (Lipinski definition) is 4. The molecule has 0 saturated carbocycles. The minimum Gasteiger partial charge on any atom is -0.343 e. The number of carbonyl (C=O) groups is 4. The Morgan fingerprint density at radius 3 is 2.12 bits per heavy atom. The first-order valence-corrected chi connectivity index (χ1v) is 13.1. The van der Waals surface area contributed by atoms with Gasteiger partial charge in [0.2, 0.25) is 23.6 Å². The van der Waals surface area contributed by atoms with Gasteiger partial charge in [-0.25, -0.2) is 0 Å². The molecule has 0 aliphatic carbocycles. The van der Waals surface area contributed by atoms with Gasteiger partial charge < -0.3 is 20.4 Å². The Kier molecular flexibility index (Phi) is 13.2. The van der Waals surface area contributed by atoms with Crippen LogP contribution in [0, 0.1) is 17.8 Å². The van der Waals surface area contributed by atoms with Gasteiger partial charge in [-0.3, -0.25) is 19.2 Å². The fourth-order valence-corrected chi connectivity index (χ4v) is 3.95. The molecular formula is C26H48N4O4. The maximum atomic E-state index is 13.5. The van der Waals surface area contributed by atoms with E-state index >= 15 is 0 Å². The lowest BCUT2D eigenvalue weighted by molar-refractivity contribution is -0.139. The van der Waals surface area contributed by atoms with Crippen LogP contribution < -0.4 is 10.6 Å². The maximum absolute atomic E-state index is 13.5. The maximum Gasteiger partial charge on any atom is 0.245 e. The molecule has 4 amide bonds. The summed E-state index contributed by atoms with van der Waals surface area (Å²) in [6.07, 6.45) is 4.05. The molecule has 34 heavy (non-hydrogen) atoms. The van der Waals surface area contributed by atoms with Crippen molar-refractivity contribution in [3.8, 4) is 0 Å². The lowest BCUT2D eigenvalue weighted by Crippen LogP contribution is -2.55. The van der Waals surface area contributed by atoms with E-state index in [4.69, 9.17) is 0 Å². The molecule has 1 aliphatic heterocycles. The van der Waals surface area contributed by atoms with E-state index in [2.05, 4.69) is 38.3 Å². The number of nitrogens with one attached hydrogen (secondary N) is 2. The highest BCUT2D eigenvalue weighted by Gasteiger charge is 2.29. The Morgan fingerprint density at radius 2 is 1.53 bits per heavy atom. The first kappa shape index (κ1) is 29.9. The second-order valence-corrected chi connectivity index (χ2v) is 10.9. The topological polar surface area (TPSA) is 98.8 Å². The van der Waals surface area contributed by atoms with Gasteiger partial charge in [0.1, 0.15) is 12.1 Å². The van der Waals surface area contributed by atoms with E-state index in [1.54, 1.807) is 11.8 Å². The number of carbonyl (C=O) groups excluding carboxylic acids is 4. The predicted octanol–water partition coefficient (Wildman–Crippen LogP) is 2.96.